The zero-order chi connectivity index (χ0) is 21.5. The summed E-state index contributed by atoms with van der Waals surface area (Å²) in [4.78, 5) is 27.0. The molecule has 3 fully saturated rings. The first-order chi connectivity index (χ1) is 15.0. The summed E-state index contributed by atoms with van der Waals surface area (Å²) in [6.45, 7) is 5.98. The molecule has 0 unspecified atom stereocenters. The number of carbonyl (C=O) groups is 1. The van der Waals surface area contributed by atoms with E-state index >= 15 is 0 Å². The normalized spacial score (nSPS) is 27.8. The molecule has 0 saturated carbocycles. The van der Waals surface area contributed by atoms with Crippen LogP contribution in [0.3, 0.4) is 0 Å². The summed E-state index contributed by atoms with van der Waals surface area (Å²) >= 11 is 0. The van der Waals surface area contributed by atoms with Crippen LogP contribution in [-0.2, 0) is 11.2 Å². The highest BCUT2D eigenvalue weighted by Gasteiger charge is 2.49. The Bertz CT molecular complexity index is 978. The van der Waals surface area contributed by atoms with Crippen LogP contribution in [0.5, 0.6) is 5.75 Å². The van der Waals surface area contributed by atoms with E-state index in [1.165, 1.54) is 12.0 Å². The SMILES string of the molecule is COc1cccc(C[C@H]2[C@H]3C[C@H](CN(c4nc(C)ncc4C)C3)[C@@H]3CCCC(=O)N32)c1. The quantitative estimate of drug-likeness (QED) is 0.757. The van der Waals surface area contributed by atoms with E-state index < -0.39 is 0 Å². The summed E-state index contributed by atoms with van der Waals surface area (Å²) in [5.41, 5.74) is 2.37. The van der Waals surface area contributed by atoms with Gasteiger partial charge in [0.05, 0.1) is 7.11 Å². The predicted molar refractivity (Wildman–Crippen MR) is 120 cm³/mol. The average Bonchev–Trinajstić information content (AvgIpc) is 2.78. The number of nitrogens with zero attached hydrogens (tertiary/aromatic N) is 4. The van der Waals surface area contributed by atoms with Gasteiger partial charge in [0.1, 0.15) is 17.4 Å². The lowest BCUT2D eigenvalue weighted by molar-refractivity contribution is -0.148. The second-order valence-electron chi connectivity index (χ2n) is 9.47. The van der Waals surface area contributed by atoms with Gasteiger partial charge in [0.15, 0.2) is 0 Å². The van der Waals surface area contributed by atoms with E-state index in [-0.39, 0.29) is 6.04 Å². The molecular weight excluding hydrogens is 388 g/mol. The summed E-state index contributed by atoms with van der Waals surface area (Å²) in [5, 5.41) is 0. The topological polar surface area (TPSA) is 58.6 Å². The highest BCUT2D eigenvalue weighted by molar-refractivity contribution is 5.78. The molecule has 31 heavy (non-hydrogen) atoms. The van der Waals surface area contributed by atoms with Crippen molar-refractivity contribution in [3.63, 3.8) is 0 Å². The maximum absolute atomic E-state index is 13.1. The van der Waals surface area contributed by atoms with Crippen LogP contribution in [0.15, 0.2) is 30.5 Å². The number of ether oxygens (including phenoxy) is 1. The highest BCUT2D eigenvalue weighted by Crippen LogP contribution is 2.43. The van der Waals surface area contributed by atoms with Gasteiger partial charge in [-0.05, 0) is 69.1 Å². The monoisotopic (exact) mass is 420 g/mol. The molecule has 0 radical (unpaired) electrons. The van der Waals surface area contributed by atoms with Crippen LogP contribution in [0.1, 0.15) is 42.6 Å². The fraction of sp³-hybridized carbons (Fsp3) is 0.560. The number of benzene rings is 1. The molecule has 0 aliphatic carbocycles. The van der Waals surface area contributed by atoms with Crippen molar-refractivity contribution in [1.29, 1.82) is 0 Å². The molecule has 4 heterocycles. The smallest absolute Gasteiger partial charge is 0.223 e. The molecule has 6 nitrogen and oxygen atoms in total. The van der Waals surface area contributed by atoms with Crippen molar-refractivity contribution in [3.8, 4) is 5.75 Å². The zero-order valence-corrected chi connectivity index (χ0v) is 18.8. The molecule has 164 valence electrons. The largest absolute Gasteiger partial charge is 0.497 e. The molecule has 2 aromatic rings. The van der Waals surface area contributed by atoms with Gasteiger partial charge in [0.25, 0.3) is 0 Å². The second kappa shape index (κ2) is 8.13. The van der Waals surface area contributed by atoms with E-state index in [2.05, 4.69) is 39.9 Å². The van der Waals surface area contributed by atoms with Crippen LogP contribution >= 0.6 is 0 Å². The van der Waals surface area contributed by atoms with Crippen molar-refractivity contribution in [2.75, 3.05) is 25.1 Å². The molecule has 5 rings (SSSR count). The van der Waals surface area contributed by atoms with Crippen LogP contribution in [0, 0.1) is 25.7 Å². The first-order valence-corrected chi connectivity index (χ1v) is 11.5. The molecule has 4 atom stereocenters. The summed E-state index contributed by atoms with van der Waals surface area (Å²) < 4.78 is 5.45. The molecular formula is C25H32N4O2. The van der Waals surface area contributed by atoms with E-state index in [0.717, 1.165) is 55.3 Å². The number of methoxy groups -OCH3 is 1. The number of piperidine rings is 3. The number of amides is 1. The third-order valence-electron chi connectivity index (χ3n) is 7.44. The Morgan fingerprint density at radius 3 is 2.87 bits per heavy atom. The van der Waals surface area contributed by atoms with Crippen LogP contribution < -0.4 is 9.64 Å². The lowest BCUT2D eigenvalue weighted by atomic mass is 9.70. The Balaban J connectivity index is 1.48. The predicted octanol–water partition coefficient (Wildman–Crippen LogP) is 3.55. The highest BCUT2D eigenvalue weighted by atomic mass is 16.5. The number of carbonyl (C=O) groups excluding carboxylic acids is 1. The number of fused-ring (bicyclic) bond motifs is 4. The number of anilines is 1. The standard InChI is InChI=1S/C25H32N4O2/c1-16-13-26-17(2)27-25(16)28-14-19-12-20(15-28)23(29-22(19)8-5-9-24(29)30)11-18-6-4-7-21(10-18)31-3/h4,6-7,10,13,19-20,22-23H,5,8-9,11-12,14-15H2,1-3H3/t19-,20+,22+,23+/m1/s1. The number of hydrogen-bond donors (Lipinski definition) is 0. The minimum absolute atomic E-state index is 0.229. The van der Waals surface area contributed by atoms with E-state index in [1.54, 1.807) is 7.11 Å². The van der Waals surface area contributed by atoms with E-state index in [0.29, 0.717) is 30.2 Å². The lowest BCUT2D eigenvalue weighted by Gasteiger charge is -2.57. The van der Waals surface area contributed by atoms with Gasteiger partial charge in [-0.3, -0.25) is 4.79 Å². The van der Waals surface area contributed by atoms with E-state index in [4.69, 9.17) is 9.72 Å². The maximum Gasteiger partial charge on any atom is 0.223 e. The Labute approximate surface area is 184 Å². The van der Waals surface area contributed by atoms with Crippen molar-refractivity contribution in [1.82, 2.24) is 14.9 Å². The Morgan fingerprint density at radius 2 is 2.03 bits per heavy atom. The van der Waals surface area contributed by atoms with Gasteiger partial charge in [-0.15, -0.1) is 0 Å². The number of aryl methyl sites for hydroxylation is 2. The number of hydrogen-bond acceptors (Lipinski definition) is 5. The first-order valence-electron chi connectivity index (χ1n) is 11.5. The summed E-state index contributed by atoms with van der Waals surface area (Å²) in [6, 6.07) is 8.89. The summed E-state index contributed by atoms with van der Waals surface area (Å²) in [5.74, 6) is 4.07. The molecule has 1 aromatic carbocycles. The molecule has 3 aliphatic rings. The van der Waals surface area contributed by atoms with Crippen LogP contribution in [0.4, 0.5) is 5.82 Å². The van der Waals surface area contributed by atoms with Gasteiger partial charge in [0.2, 0.25) is 5.91 Å². The van der Waals surface area contributed by atoms with Crippen LogP contribution in [0.25, 0.3) is 0 Å². The van der Waals surface area contributed by atoms with Crippen molar-refractivity contribution in [3.05, 3.63) is 47.4 Å². The van der Waals surface area contributed by atoms with Crippen molar-refractivity contribution < 1.29 is 9.53 Å². The molecule has 2 bridgehead atoms. The number of rotatable bonds is 4. The summed E-state index contributed by atoms with van der Waals surface area (Å²) in [7, 11) is 1.71. The molecule has 3 saturated heterocycles. The van der Waals surface area contributed by atoms with Gasteiger partial charge >= 0.3 is 0 Å². The third kappa shape index (κ3) is 3.77. The molecule has 1 amide bonds. The maximum atomic E-state index is 13.1. The van der Waals surface area contributed by atoms with Gasteiger partial charge in [-0.25, -0.2) is 9.97 Å². The first kappa shape index (κ1) is 20.3. The van der Waals surface area contributed by atoms with Crippen molar-refractivity contribution in [2.24, 2.45) is 11.8 Å². The lowest BCUT2D eigenvalue weighted by Crippen LogP contribution is -2.65. The fourth-order valence-corrected chi connectivity index (χ4v) is 6.09. The van der Waals surface area contributed by atoms with Gasteiger partial charge in [-0.1, -0.05) is 12.1 Å². The number of aromatic nitrogens is 2. The Morgan fingerprint density at radius 1 is 1.19 bits per heavy atom. The van der Waals surface area contributed by atoms with E-state index in [1.807, 2.05) is 19.2 Å². The van der Waals surface area contributed by atoms with Gasteiger partial charge in [0, 0.05) is 43.4 Å². The molecule has 3 aliphatic heterocycles. The van der Waals surface area contributed by atoms with Gasteiger partial charge in [-0.2, -0.15) is 0 Å². The minimum Gasteiger partial charge on any atom is -0.497 e. The third-order valence-corrected chi connectivity index (χ3v) is 7.44. The van der Waals surface area contributed by atoms with E-state index in [9.17, 15) is 4.79 Å². The zero-order valence-electron chi connectivity index (χ0n) is 18.8. The molecule has 0 N–H and O–H groups in total. The minimum atomic E-state index is 0.229. The van der Waals surface area contributed by atoms with Crippen molar-refractivity contribution >= 4 is 11.7 Å². The molecule has 0 spiro atoms. The molecule has 6 heteroatoms. The fourth-order valence-electron chi connectivity index (χ4n) is 6.09. The summed E-state index contributed by atoms with van der Waals surface area (Å²) in [6.07, 6.45) is 6.84. The average molecular weight is 421 g/mol. The van der Waals surface area contributed by atoms with Crippen LogP contribution in [-0.4, -0.2) is 53.1 Å². The second-order valence-corrected chi connectivity index (χ2v) is 9.47. The van der Waals surface area contributed by atoms with Gasteiger partial charge < -0.3 is 14.5 Å². The Kier molecular flexibility index (Phi) is 5.32. The van der Waals surface area contributed by atoms with Crippen LogP contribution in [0.2, 0.25) is 0 Å². The molecule has 1 aromatic heterocycles. The van der Waals surface area contributed by atoms with Crippen molar-refractivity contribution in [2.45, 2.75) is 58.0 Å². The Hall–Kier alpha value is -2.63.